The van der Waals surface area contributed by atoms with E-state index in [9.17, 15) is 4.79 Å². The Morgan fingerprint density at radius 1 is 1.10 bits per heavy atom. The number of ether oxygens (including phenoxy) is 1. The number of carbonyl (C=O) groups is 1. The molecule has 0 aliphatic rings. The molecule has 0 saturated heterocycles. The van der Waals surface area contributed by atoms with E-state index in [-0.39, 0.29) is 12.5 Å². The van der Waals surface area contributed by atoms with Gasteiger partial charge in [-0.15, -0.1) is 0 Å². The SMILES string of the molecule is CCOC(=O)CN=Cc1ccccc1-c1ccccc1. The van der Waals surface area contributed by atoms with Crippen LogP contribution in [0.4, 0.5) is 0 Å². The molecule has 0 heterocycles. The number of aliphatic imine (C=N–C) groups is 1. The average molecular weight is 267 g/mol. The molecule has 0 N–H and O–H groups in total. The van der Waals surface area contributed by atoms with Crippen molar-refractivity contribution in [2.75, 3.05) is 13.2 Å². The van der Waals surface area contributed by atoms with Crippen molar-refractivity contribution in [3.8, 4) is 11.1 Å². The highest BCUT2D eigenvalue weighted by Crippen LogP contribution is 2.21. The van der Waals surface area contributed by atoms with Crippen molar-refractivity contribution >= 4 is 12.2 Å². The molecule has 0 spiro atoms. The highest BCUT2D eigenvalue weighted by atomic mass is 16.5. The van der Waals surface area contributed by atoms with Crippen LogP contribution in [0, 0.1) is 0 Å². The van der Waals surface area contributed by atoms with Gasteiger partial charge in [0, 0.05) is 11.8 Å². The number of hydrogen-bond donors (Lipinski definition) is 0. The molecule has 0 aliphatic heterocycles. The van der Waals surface area contributed by atoms with E-state index >= 15 is 0 Å². The van der Waals surface area contributed by atoms with Crippen LogP contribution in [0.15, 0.2) is 59.6 Å². The van der Waals surface area contributed by atoms with Gasteiger partial charge in [-0.3, -0.25) is 9.79 Å². The average Bonchev–Trinajstić information content (AvgIpc) is 2.49. The van der Waals surface area contributed by atoms with Gasteiger partial charge in [-0.25, -0.2) is 0 Å². The molecule has 0 fully saturated rings. The first-order valence-electron chi connectivity index (χ1n) is 6.61. The molecule has 0 saturated carbocycles. The maximum atomic E-state index is 11.3. The molecule has 2 rings (SSSR count). The zero-order valence-corrected chi connectivity index (χ0v) is 11.5. The summed E-state index contributed by atoms with van der Waals surface area (Å²) in [5.74, 6) is -0.305. The van der Waals surface area contributed by atoms with Crippen molar-refractivity contribution in [3.05, 3.63) is 60.2 Å². The molecule has 0 aliphatic carbocycles. The number of esters is 1. The monoisotopic (exact) mass is 267 g/mol. The zero-order valence-electron chi connectivity index (χ0n) is 11.5. The first-order chi connectivity index (χ1) is 9.81. The second kappa shape index (κ2) is 7.24. The fourth-order valence-corrected chi connectivity index (χ4v) is 1.92. The molecule has 0 unspecified atom stereocenters. The molecular weight excluding hydrogens is 250 g/mol. The van der Waals surface area contributed by atoms with Crippen molar-refractivity contribution in [1.82, 2.24) is 0 Å². The van der Waals surface area contributed by atoms with E-state index in [0.29, 0.717) is 6.61 Å². The van der Waals surface area contributed by atoms with Crippen LogP contribution in [-0.4, -0.2) is 25.3 Å². The quantitative estimate of drug-likeness (QED) is 0.615. The second-order valence-electron chi connectivity index (χ2n) is 4.23. The van der Waals surface area contributed by atoms with E-state index in [4.69, 9.17) is 4.74 Å². The minimum absolute atomic E-state index is 0.0525. The zero-order chi connectivity index (χ0) is 14.2. The van der Waals surface area contributed by atoms with Crippen LogP contribution in [0.5, 0.6) is 0 Å². The summed E-state index contributed by atoms with van der Waals surface area (Å²) in [5.41, 5.74) is 3.22. The predicted molar refractivity (Wildman–Crippen MR) is 81.0 cm³/mol. The lowest BCUT2D eigenvalue weighted by Gasteiger charge is -2.05. The lowest BCUT2D eigenvalue weighted by Crippen LogP contribution is -2.07. The Labute approximate surface area is 118 Å². The number of nitrogens with zero attached hydrogens (tertiary/aromatic N) is 1. The van der Waals surface area contributed by atoms with Gasteiger partial charge in [0.05, 0.1) is 6.61 Å². The Bertz CT molecular complexity index is 591. The Morgan fingerprint density at radius 2 is 1.80 bits per heavy atom. The van der Waals surface area contributed by atoms with Gasteiger partial charge in [-0.2, -0.15) is 0 Å². The highest BCUT2D eigenvalue weighted by Gasteiger charge is 2.02. The third-order valence-electron chi connectivity index (χ3n) is 2.80. The van der Waals surface area contributed by atoms with Gasteiger partial charge >= 0.3 is 5.97 Å². The Kier molecular flexibility index (Phi) is 5.07. The Hall–Kier alpha value is -2.42. The van der Waals surface area contributed by atoms with Crippen molar-refractivity contribution < 1.29 is 9.53 Å². The third kappa shape index (κ3) is 3.79. The first-order valence-corrected chi connectivity index (χ1v) is 6.61. The summed E-state index contributed by atoms with van der Waals surface area (Å²) in [7, 11) is 0. The van der Waals surface area contributed by atoms with Crippen molar-refractivity contribution in [1.29, 1.82) is 0 Å². The maximum absolute atomic E-state index is 11.3. The number of rotatable bonds is 5. The summed E-state index contributed by atoms with van der Waals surface area (Å²) in [6.45, 7) is 2.22. The van der Waals surface area contributed by atoms with Gasteiger partial charge in [0.15, 0.2) is 0 Å². The molecule has 2 aromatic carbocycles. The molecule has 2 aromatic rings. The minimum atomic E-state index is -0.305. The van der Waals surface area contributed by atoms with Crippen LogP contribution in [0.2, 0.25) is 0 Å². The number of benzene rings is 2. The standard InChI is InChI=1S/C17H17NO2/c1-2-20-17(19)13-18-12-15-10-6-7-11-16(15)14-8-4-3-5-9-14/h3-12H,2,13H2,1H3. The summed E-state index contributed by atoms with van der Waals surface area (Å²) in [5, 5.41) is 0. The highest BCUT2D eigenvalue weighted by molar-refractivity contribution is 5.91. The molecule has 20 heavy (non-hydrogen) atoms. The van der Waals surface area contributed by atoms with E-state index in [2.05, 4.69) is 17.1 Å². The number of hydrogen-bond acceptors (Lipinski definition) is 3. The van der Waals surface area contributed by atoms with Crippen molar-refractivity contribution in [3.63, 3.8) is 0 Å². The lowest BCUT2D eigenvalue weighted by molar-refractivity contribution is -0.141. The van der Waals surface area contributed by atoms with E-state index in [1.165, 1.54) is 0 Å². The van der Waals surface area contributed by atoms with Crippen LogP contribution < -0.4 is 0 Å². The predicted octanol–water partition coefficient (Wildman–Crippen LogP) is 3.34. The lowest BCUT2D eigenvalue weighted by atomic mass is 10.0. The van der Waals surface area contributed by atoms with E-state index in [1.807, 2.05) is 42.5 Å². The Balaban J connectivity index is 2.17. The Morgan fingerprint density at radius 3 is 2.55 bits per heavy atom. The summed E-state index contributed by atoms with van der Waals surface area (Å²) in [6, 6.07) is 18.1. The molecule has 0 aromatic heterocycles. The van der Waals surface area contributed by atoms with Gasteiger partial charge < -0.3 is 4.74 Å². The second-order valence-corrected chi connectivity index (χ2v) is 4.23. The van der Waals surface area contributed by atoms with Crippen molar-refractivity contribution in [2.24, 2.45) is 4.99 Å². The summed E-state index contributed by atoms with van der Waals surface area (Å²) in [6.07, 6.45) is 1.72. The van der Waals surface area contributed by atoms with Gasteiger partial charge in [-0.1, -0.05) is 54.6 Å². The van der Waals surface area contributed by atoms with Crippen LogP contribution in [0.3, 0.4) is 0 Å². The topological polar surface area (TPSA) is 38.7 Å². The van der Waals surface area contributed by atoms with Gasteiger partial charge in [0.1, 0.15) is 6.54 Å². The summed E-state index contributed by atoms with van der Waals surface area (Å²) >= 11 is 0. The fraction of sp³-hybridized carbons (Fsp3) is 0.176. The fourth-order valence-electron chi connectivity index (χ4n) is 1.92. The summed E-state index contributed by atoms with van der Waals surface area (Å²) < 4.78 is 4.84. The summed E-state index contributed by atoms with van der Waals surface area (Å²) in [4.78, 5) is 15.4. The van der Waals surface area contributed by atoms with E-state index < -0.39 is 0 Å². The largest absolute Gasteiger partial charge is 0.465 e. The first kappa shape index (κ1) is 14.0. The van der Waals surface area contributed by atoms with Crippen LogP contribution in [-0.2, 0) is 9.53 Å². The molecule has 0 bridgehead atoms. The van der Waals surface area contributed by atoms with E-state index in [1.54, 1.807) is 13.1 Å². The molecule has 102 valence electrons. The molecular formula is C17H17NO2. The molecule has 3 heteroatoms. The van der Waals surface area contributed by atoms with Gasteiger partial charge in [-0.05, 0) is 18.1 Å². The molecule has 3 nitrogen and oxygen atoms in total. The normalized spacial score (nSPS) is 10.7. The van der Waals surface area contributed by atoms with Gasteiger partial charge in [0.2, 0.25) is 0 Å². The minimum Gasteiger partial charge on any atom is -0.465 e. The van der Waals surface area contributed by atoms with Crippen LogP contribution >= 0.6 is 0 Å². The molecule has 0 atom stereocenters. The van der Waals surface area contributed by atoms with Crippen LogP contribution in [0.1, 0.15) is 12.5 Å². The van der Waals surface area contributed by atoms with Crippen LogP contribution in [0.25, 0.3) is 11.1 Å². The van der Waals surface area contributed by atoms with Crippen molar-refractivity contribution in [2.45, 2.75) is 6.92 Å². The van der Waals surface area contributed by atoms with E-state index in [0.717, 1.165) is 16.7 Å². The number of carbonyl (C=O) groups excluding carboxylic acids is 1. The third-order valence-corrected chi connectivity index (χ3v) is 2.80. The smallest absolute Gasteiger partial charge is 0.327 e. The maximum Gasteiger partial charge on any atom is 0.327 e. The van der Waals surface area contributed by atoms with Gasteiger partial charge in [0.25, 0.3) is 0 Å². The molecule has 0 radical (unpaired) electrons. The molecule has 0 amide bonds.